The van der Waals surface area contributed by atoms with Crippen LogP contribution in [0, 0.1) is 17.3 Å². The van der Waals surface area contributed by atoms with Gasteiger partial charge in [0.05, 0.1) is 5.41 Å². The summed E-state index contributed by atoms with van der Waals surface area (Å²) in [5, 5.41) is 2.85. The van der Waals surface area contributed by atoms with Crippen molar-refractivity contribution in [1.82, 2.24) is 5.32 Å². The first kappa shape index (κ1) is 13.9. The van der Waals surface area contributed by atoms with Crippen LogP contribution < -0.4 is 5.32 Å². The van der Waals surface area contributed by atoms with E-state index in [1.54, 1.807) is 0 Å². The lowest BCUT2D eigenvalue weighted by Crippen LogP contribution is -2.56. The number of carbonyl (C=O) groups is 2. The number of ether oxygens (including phenoxy) is 1. The lowest BCUT2D eigenvalue weighted by molar-refractivity contribution is -0.171. The predicted molar refractivity (Wildman–Crippen MR) is 77.8 cm³/mol. The molecule has 0 aromatic rings. The van der Waals surface area contributed by atoms with Crippen molar-refractivity contribution in [2.75, 3.05) is 6.61 Å². The lowest BCUT2D eigenvalue weighted by atomic mass is 9.49. The van der Waals surface area contributed by atoms with E-state index in [0.29, 0.717) is 17.9 Å². The molecule has 4 nitrogen and oxygen atoms in total. The average Bonchev–Trinajstić information content (AvgIpc) is 3.16. The van der Waals surface area contributed by atoms with E-state index in [9.17, 15) is 9.59 Å². The standard InChI is InChI=1S/C16H22ClNO3/c17-16-6-10-3-11(7-16)5-15(4-10,9-16)14(20)21-8-13(19)18-12-1-2-12/h10-12H,1-9H2,(H,18,19)/t10-,11+,15?,16?. The van der Waals surface area contributed by atoms with Crippen LogP contribution in [0.4, 0.5) is 0 Å². The molecule has 5 aliphatic rings. The quantitative estimate of drug-likeness (QED) is 0.640. The molecule has 1 amide bonds. The van der Waals surface area contributed by atoms with Gasteiger partial charge in [-0.1, -0.05) is 0 Å². The minimum Gasteiger partial charge on any atom is -0.455 e. The second-order valence-electron chi connectivity index (χ2n) is 7.81. The van der Waals surface area contributed by atoms with Crippen molar-refractivity contribution in [3.63, 3.8) is 0 Å². The van der Waals surface area contributed by atoms with Crippen LogP contribution in [-0.4, -0.2) is 29.4 Å². The van der Waals surface area contributed by atoms with Crippen LogP contribution in [0.2, 0.25) is 0 Å². The van der Waals surface area contributed by atoms with E-state index in [2.05, 4.69) is 5.32 Å². The zero-order valence-electron chi connectivity index (χ0n) is 12.2. The van der Waals surface area contributed by atoms with Gasteiger partial charge < -0.3 is 10.1 Å². The third-order valence-electron chi connectivity index (χ3n) is 5.70. The molecular formula is C16H22ClNO3. The molecule has 0 saturated heterocycles. The zero-order valence-corrected chi connectivity index (χ0v) is 13.0. The first-order chi connectivity index (χ1) is 9.96. The fraction of sp³-hybridized carbons (Fsp3) is 0.875. The van der Waals surface area contributed by atoms with Gasteiger partial charge in [-0.2, -0.15) is 0 Å². The Labute approximate surface area is 129 Å². The summed E-state index contributed by atoms with van der Waals surface area (Å²) < 4.78 is 5.35. The summed E-state index contributed by atoms with van der Waals surface area (Å²) in [7, 11) is 0. The van der Waals surface area contributed by atoms with Gasteiger partial charge in [0.25, 0.3) is 5.91 Å². The maximum absolute atomic E-state index is 12.6. The Bertz CT molecular complexity index is 474. The molecule has 5 heteroatoms. The first-order valence-electron chi connectivity index (χ1n) is 8.12. The molecule has 0 spiro atoms. The molecule has 1 N–H and O–H groups in total. The molecule has 5 rings (SSSR count). The first-order valence-corrected chi connectivity index (χ1v) is 8.50. The highest BCUT2D eigenvalue weighted by Crippen LogP contribution is 2.64. The lowest BCUT2D eigenvalue weighted by Gasteiger charge is -2.58. The molecule has 21 heavy (non-hydrogen) atoms. The van der Waals surface area contributed by atoms with Crippen LogP contribution in [0.5, 0.6) is 0 Å². The maximum Gasteiger partial charge on any atom is 0.312 e. The van der Waals surface area contributed by atoms with Gasteiger partial charge in [0.1, 0.15) is 0 Å². The summed E-state index contributed by atoms with van der Waals surface area (Å²) in [5.74, 6) is 0.775. The molecule has 5 saturated carbocycles. The van der Waals surface area contributed by atoms with Crippen LogP contribution in [0.15, 0.2) is 0 Å². The summed E-state index contributed by atoms with van der Waals surface area (Å²) in [6, 6.07) is 0.307. The van der Waals surface area contributed by atoms with E-state index in [-0.39, 0.29) is 23.4 Å². The third kappa shape index (κ3) is 2.56. The molecule has 0 aliphatic heterocycles. The highest BCUT2D eigenvalue weighted by Gasteiger charge is 2.60. The summed E-state index contributed by atoms with van der Waals surface area (Å²) in [4.78, 5) is 24.1. The molecule has 2 unspecified atom stereocenters. The van der Waals surface area contributed by atoms with Gasteiger partial charge in [0.2, 0.25) is 0 Å². The number of rotatable bonds is 4. The molecule has 116 valence electrons. The number of amides is 1. The van der Waals surface area contributed by atoms with Gasteiger partial charge in [0.15, 0.2) is 6.61 Å². The SMILES string of the molecule is O=C(COC(=O)C12C[C@@H]3C[C@@H](CC(Cl)(C3)C1)C2)NC1CC1. The van der Waals surface area contributed by atoms with E-state index in [0.717, 1.165) is 44.9 Å². The average molecular weight is 312 g/mol. The molecule has 0 aromatic carbocycles. The van der Waals surface area contributed by atoms with Crippen LogP contribution in [0.3, 0.4) is 0 Å². The van der Waals surface area contributed by atoms with Gasteiger partial charge in [-0.05, 0) is 63.2 Å². The zero-order chi connectivity index (χ0) is 14.7. The Balaban J connectivity index is 1.40. The van der Waals surface area contributed by atoms with Crippen molar-refractivity contribution in [3.8, 4) is 0 Å². The molecule has 5 fully saturated rings. The number of halogens is 1. The van der Waals surface area contributed by atoms with E-state index in [1.165, 1.54) is 6.42 Å². The normalized spacial score (nSPS) is 43.7. The molecule has 4 bridgehead atoms. The van der Waals surface area contributed by atoms with Crippen molar-refractivity contribution in [2.24, 2.45) is 17.3 Å². The molecule has 4 atom stereocenters. The minimum absolute atomic E-state index is 0.137. The van der Waals surface area contributed by atoms with Crippen molar-refractivity contribution in [3.05, 3.63) is 0 Å². The van der Waals surface area contributed by atoms with Crippen molar-refractivity contribution >= 4 is 23.5 Å². The van der Waals surface area contributed by atoms with E-state index < -0.39 is 5.41 Å². The van der Waals surface area contributed by atoms with Crippen LogP contribution in [0.1, 0.15) is 51.4 Å². The van der Waals surface area contributed by atoms with Gasteiger partial charge in [0, 0.05) is 10.9 Å². The Hall–Kier alpha value is -0.770. The molecular weight excluding hydrogens is 290 g/mol. The Morgan fingerprint density at radius 1 is 1.14 bits per heavy atom. The van der Waals surface area contributed by atoms with Crippen LogP contribution in [0.25, 0.3) is 0 Å². The van der Waals surface area contributed by atoms with Gasteiger partial charge in [-0.15, -0.1) is 11.6 Å². The number of hydrogen-bond donors (Lipinski definition) is 1. The highest BCUT2D eigenvalue weighted by atomic mass is 35.5. The second kappa shape index (κ2) is 4.61. The van der Waals surface area contributed by atoms with Crippen molar-refractivity contribution < 1.29 is 14.3 Å². The summed E-state index contributed by atoms with van der Waals surface area (Å²) in [6.07, 6.45) is 7.93. The van der Waals surface area contributed by atoms with Crippen molar-refractivity contribution in [1.29, 1.82) is 0 Å². The number of alkyl halides is 1. The molecule has 5 aliphatic carbocycles. The largest absolute Gasteiger partial charge is 0.455 e. The Morgan fingerprint density at radius 2 is 1.81 bits per heavy atom. The van der Waals surface area contributed by atoms with Gasteiger partial charge in [-0.3, -0.25) is 9.59 Å². The minimum atomic E-state index is -0.411. The topological polar surface area (TPSA) is 55.4 Å². The summed E-state index contributed by atoms with van der Waals surface area (Å²) >= 11 is 6.72. The molecule has 0 heterocycles. The van der Waals surface area contributed by atoms with E-state index >= 15 is 0 Å². The number of carbonyl (C=O) groups excluding carboxylic acids is 2. The summed E-state index contributed by atoms with van der Waals surface area (Å²) in [5.41, 5.74) is -0.411. The predicted octanol–water partition coefficient (Wildman–Crippen LogP) is 2.39. The fourth-order valence-corrected chi connectivity index (χ4v) is 5.86. The summed E-state index contributed by atoms with van der Waals surface area (Å²) in [6.45, 7) is -0.137. The van der Waals surface area contributed by atoms with Crippen molar-refractivity contribution in [2.45, 2.75) is 62.3 Å². The van der Waals surface area contributed by atoms with Gasteiger partial charge >= 0.3 is 5.97 Å². The number of nitrogens with one attached hydrogen (secondary N) is 1. The Morgan fingerprint density at radius 3 is 2.38 bits per heavy atom. The fourth-order valence-electron chi connectivity index (χ4n) is 5.17. The second-order valence-corrected chi connectivity index (χ2v) is 8.61. The molecule has 0 aromatic heterocycles. The van der Waals surface area contributed by atoms with Gasteiger partial charge in [-0.25, -0.2) is 0 Å². The number of esters is 1. The van der Waals surface area contributed by atoms with Crippen LogP contribution in [-0.2, 0) is 14.3 Å². The monoisotopic (exact) mass is 311 g/mol. The third-order valence-corrected chi connectivity index (χ3v) is 6.14. The van der Waals surface area contributed by atoms with Crippen LogP contribution >= 0.6 is 11.6 Å². The molecule has 0 radical (unpaired) electrons. The maximum atomic E-state index is 12.6. The highest BCUT2D eigenvalue weighted by molar-refractivity contribution is 6.24. The van der Waals surface area contributed by atoms with E-state index in [1.807, 2.05) is 0 Å². The Kier molecular flexibility index (Phi) is 3.04. The smallest absolute Gasteiger partial charge is 0.312 e. The van der Waals surface area contributed by atoms with E-state index in [4.69, 9.17) is 16.3 Å². The number of hydrogen-bond acceptors (Lipinski definition) is 3.